The fraction of sp³-hybridized carbons (Fsp3) is 0.933. The Morgan fingerprint density at radius 1 is 1.15 bits per heavy atom. The molecule has 0 bridgehead atoms. The topological polar surface area (TPSA) is 62.4 Å². The van der Waals surface area contributed by atoms with Crippen molar-refractivity contribution in [1.29, 1.82) is 0 Å². The maximum Gasteiger partial charge on any atom is 0.407 e. The van der Waals surface area contributed by atoms with Crippen molar-refractivity contribution in [3.63, 3.8) is 0 Å². The van der Waals surface area contributed by atoms with E-state index in [1.807, 2.05) is 20.8 Å². The molecule has 20 heavy (non-hydrogen) atoms. The van der Waals surface area contributed by atoms with Crippen LogP contribution in [0.4, 0.5) is 4.79 Å². The molecule has 3 unspecified atom stereocenters. The first-order valence-corrected chi connectivity index (χ1v) is 7.90. The first-order valence-electron chi connectivity index (χ1n) is 7.90. The number of nitrogens with one attached hydrogen (secondary N) is 3. The molecule has 2 aliphatic rings. The van der Waals surface area contributed by atoms with Crippen molar-refractivity contribution in [1.82, 2.24) is 16.0 Å². The number of hydrogen-bond donors (Lipinski definition) is 3. The van der Waals surface area contributed by atoms with Crippen LogP contribution in [-0.2, 0) is 4.74 Å². The SMILES string of the molecule is CC(C)(C)OC(=O)NC1CCCC1NC1CCCNC1. The number of piperidine rings is 1. The molecule has 1 aliphatic carbocycles. The van der Waals surface area contributed by atoms with Crippen LogP contribution in [0.2, 0.25) is 0 Å². The molecule has 0 aromatic carbocycles. The minimum atomic E-state index is -0.432. The zero-order valence-corrected chi connectivity index (χ0v) is 13.0. The highest BCUT2D eigenvalue weighted by molar-refractivity contribution is 5.68. The zero-order valence-electron chi connectivity index (χ0n) is 13.0. The maximum absolute atomic E-state index is 11.9. The van der Waals surface area contributed by atoms with E-state index in [1.165, 1.54) is 12.8 Å². The summed E-state index contributed by atoms with van der Waals surface area (Å²) in [6, 6.07) is 1.12. The van der Waals surface area contributed by atoms with Crippen LogP contribution >= 0.6 is 0 Å². The average Bonchev–Trinajstić information content (AvgIpc) is 2.75. The van der Waals surface area contributed by atoms with E-state index < -0.39 is 5.60 Å². The predicted molar refractivity (Wildman–Crippen MR) is 79.8 cm³/mol. The summed E-state index contributed by atoms with van der Waals surface area (Å²) in [7, 11) is 0. The highest BCUT2D eigenvalue weighted by Gasteiger charge is 2.31. The Labute approximate surface area is 122 Å². The molecule has 3 atom stereocenters. The van der Waals surface area contributed by atoms with Gasteiger partial charge in [-0.2, -0.15) is 0 Å². The fourth-order valence-electron chi connectivity index (χ4n) is 3.09. The molecule has 3 N–H and O–H groups in total. The standard InChI is InChI=1S/C15H29N3O2/c1-15(2,3)20-14(19)18-13-8-4-7-12(13)17-11-6-5-9-16-10-11/h11-13,16-17H,4-10H2,1-3H3,(H,18,19). The van der Waals surface area contributed by atoms with Crippen molar-refractivity contribution in [2.75, 3.05) is 13.1 Å². The molecule has 5 heteroatoms. The fourth-order valence-corrected chi connectivity index (χ4v) is 3.09. The van der Waals surface area contributed by atoms with Crippen molar-refractivity contribution < 1.29 is 9.53 Å². The number of rotatable bonds is 3. The first kappa shape index (κ1) is 15.6. The molecule has 2 rings (SSSR count). The van der Waals surface area contributed by atoms with Gasteiger partial charge in [0.25, 0.3) is 0 Å². The van der Waals surface area contributed by atoms with Gasteiger partial charge in [0, 0.05) is 24.7 Å². The number of carbonyl (C=O) groups excluding carboxylic acids is 1. The number of carbonyl (C=O) groups is 1. The molecular weight excluding hydrogens is 254 g/mol. The Morgan fingerprint density at radius 3 is 2.55 bits per heavy atom. The van der Waals surface area contributed by atoms with E-state index in [-0.39, 0.29) is 12.1 Å². The molecule has 1 saturated carbocycles. The lowest BCUT2D eigenvalue weighted by Gasteiger charge is -2.31. The highest BCUT2D eigenvalue weighted by atomic mass is 16.6. The third-order valence-electron chi connectivity index (χ3n) is 3.96. The van der Waals surface area contributed by atoms with Crippen molar-refractivity contribution in [2.45, 2.75) is 76.6 Å². The number of alkyl carbamates (subject to hydrolysis) is 1. The Hall–Kier alpha value is -0.810. The summed E-state index contributed by atoms with van der Waals surface area (Å²) in [5, 5.41) is 10.2. The Bertz CT molecular complexity index is 322. The molecular formula is C15H29N3O2. The van der Waals surface area contributed by atoms with E-state index in [4.69, 9.17) is 4.74 Å². The Morgan fingerprint density at radius 2 is 1.90 bits per heavy atom. The number of amides is 1. The molecule has 1 heterocycles. The molecule has 1 amide bonds. The zero-order chi connectivity index (χ0) is 14.6. The summed E-state index contributed by atoms with van der Waals surface area (Å²) in [6.07, 6.45) is 5.50. The molecule has 2 fully saturated rings. The van der Waals surface area contributed by atoms with Crippen LogP contribution in [0.25, 0.3) is 0 Å². The van der Waals surface area contributed by atoms with Gasteiger partial charge < -0.3 is 20.7 Å². The summed E-state index contributed by atoms with van der Waals surface area (Å²) < 4.78 is 5.35. The smallest absolute Gasteiger partial charge is 0.407 e. The summed E-state index contributed by atoms with van der Waals surface area (Å²) in [5.74, 6) is 0. The van der Waals surface area contributed by atoms with Crippen LogP contribution in [0.15, 0.2) is 0 Å². The largest absolute Gasteiger partial charge is 0.444 e. The summed E-state index contributed by atoms with van der Waals surface area (Å²) >= 11 is 0. The molecule has 0 radical (unpaired) electrons. The number of hydrogen-bond acceptors (Lipinski definition) is 4. The van der Waals surface area contributed by atoms with Gasteiger partial charge in [0.1, 0.15) is 5.60 Å². The molecule has 0 spiro atoms. The van der Waals surface area contributed by atoms with Gasteiger partial charge in [0.2, 0.25) is 0 Å². The van der Waals surface area contributed by atoms with Gasteiger partial charge in [-0.1, -0.05) is 0 Å². The van der Waals surface area contributed by atoms with E-state index >= 15 is 0 Å². The second-order valence-corrected chi connectivity index (χ2v) is 7.00. The molecule has 116 valence electrons. The van der Waals surface area contributed by atoms with E-state index in [0.717, 1.165) is 32.4 Å². The lowest BCUT2D eigenvalue weighted by molar-refractivity contribution is 0.0496. The van der Waals surface area contributed by atoms with Gasteiger partial charge in [0.05, 0.1) is 0 Å². The molecule has 1 aliphatic heterocycles. The first-order chi connectivity index (χ1) is 9.44. The van der Waals surface area contributed by atoms with Crippen LogP contribution in [0.5, 0.6) is 0 Å². The summed E-state index contributed by atoms with van der Waals surface area (Å²) in [4.78, 5) is 11.9. The Balaban J connectivity index is 1.79. The van der Waals surface area contributed by atoms with Gasteiger partial charge in [-0.25, -0.2) is 4.79 Å². The third kappa shape index (κ3) is 4.94. The molecule has 5 nitrogen and oxygen atoms in total. The van der Waals surface area contributed by atoms with Crippen LogP contribution in [0.3, 0.4) is 0 Å². The van der Waals surface area contributed by atoms with Gasteiger partial charge in [-0.3, -0.25) is 0 Å². The lowest BCUT2D eigenvalue weighted by atomic mass is 10.0. The van der Waals surface area contributed by atoms with Crippen molar-refractivity contribution in [3.8, 4) is 0 Å². The normalized spacial score (nSPS) is 31.1. The van der Waals surface area contributed by atoms with Crippen molar-refractivity contribution in [3.05, 3.63) is 0 Å². The van der Waals surface area contributed by atoms with Crippen LogP contribution in [0, 0.1) is 0 Å². The van der Waals surface area contributed by atoms with E-state index in [9.17, 15) is 4.79 Å². The molecule has 0 aromatic heterocycles. The van der Waals surface area contributed by atoms with Gasteiger partial charge >= 0.3 is 6.09 Å². The second kappa shape index (κ2) is 6.76. The lowest BCUT2D eigenvalue weighted by Crippen LogP contribution is -2.54. The third-order valence-corrected chi connectivity index (χ3v) is 3.96. The van der Waals surface area contributed by atoms with Crippen LogP contribution in [-0.4, -0.2) is 42.9 Å². The number of ether oxygens (including phenoxy) is 1. The van der Waals surface area contributed by atoms with Gasteiger partial charge in [0.15, 0.2) is 0 Å². The summed E-state index contributed by atoms with van der Waals surface area (Å²) in [5.41, 5.74) is -0.432. The van der Waals surface area contributed by atoms with E-state index in [2.05, 4.69) is 16.0 Å². The van der Waals surface area contributed by atoms with Crippen LogP contribution < -0.4 is 16.0 Å². The Kier molecular flexibility index (Phi) is 5.27. The van der Waals surface area contributed by atoms with E-state index in [1.54, 1.807) is 0 Å². The highest BCUT2D eigenvalue weighted by Crippen LogP contribution is 2.21. The molecule has 1 saturated heterocycles. The molecule has 0 aromatic rings. The van der Waals surface area contributed by atoms with Crippen molar-refractivity contribution in [2.24, 2.45) is 0 Å². The van der Waals surface area contributed by atoms with E-state index in [0.29, 0.717) is 12.1 Å². The summed E-state index contributed by atoms with van der Waals surface area (Å²) in [6.45, 7) is 7.85. The maximum atomic E-state index is 11.9. The predicted octanol–water partition coefficient (Wildman–Crippen LogP) is 1.77. The van der Waals surface area contributed by atoms with Crippen molar-refractivity contribution >= 4 is 6.09 Å². The average molecular weight is 283 g/mol. The second-order valence-electron chi connectivity index (χ2n) is 7.00. The minimum Gasteiger partial charge on any atom is -0.444 e. The monoisotopic (exact) mass is 283 g/mol. The van der Waals surface area contributed by atoms with Crippen LogP contribution in [0.1, 0.15) is 52.9 Å². The van der Waals surface area contributed by atoms with Gasteiger partial charge in [-0.15, -0.1) is 0 Å². The van der Waals surface area contributed by atoms with Gasteiger partial charge in [-0.05, 0) is 59.4 Å². The minimum absolute atomic E-state index is 0.201. The quantitative estimate of drug-likeness (QED) is 0.739.